The van der Waals surface area contributed by atoms with Gasteiger partial charge in [-0.2, -0.15) is 0 Å². The van der Waals surface area contributed by atoms with Crippen LogP contribution in [-0.2, 0) is 4.74 Å². The van der Waals surface area contributed by atoms with E-state index in [2.05, 4.69) is 0 Å². The minimum Gasteiger partial charge on any atom is -0.445 e. The van der Waals surface area contributed by atoms with E-state index in [4.69, 9.17) is 4.74 Å². The van der Waals surface area contributed by atoms with Crippen LogP contribution in [0.4, 0.5) is 4.79 Å². The van der Waals surface area contributed by atoms with Gasteiger partial charge in [0.1, 0.15) is 6.10 Å². The fourth-order valence-electron chi connectivity index (χ4n) is 0.760. The monoisotopic (exact) mass is 115 g/mol. The number of cyclic esters (lactones) is 1. The lowest BCUT2D eigenvalue weighted by atomic mass is 10.4. The molecule has 3 heteroatoms. The highest BCUT2D eigenvalue weighted by atomic mass is 16.6. The first-order chi connectivity index (χ1) is 3.70. The van der Waals surface area contributed by atoms with Gasteiger partial charge in [0.2, 0.25) is 0 Å². The van der Waals surface area contributed by atoms with Gasteiger partial charge in [-0.05, 0) is 6.92 Å². The molecule has 1 heterocycles. The van der Waals surface area contributed by atoms with Crippen molar-refractivity contribution in [2.45, 2.75) is 13.0 Å². The van der Waals surface area contributed by atoms with Gasteiger partial charge in [-0.15, -0.1) is 0 Å². The van der Waals surface area contributed by atoms with E-state index >= 15 is 0 Å². The number of nitrogens with zero attached hydrogens (tertiary/aromatic N) is 1. The van der Waals surface area contributed by atoms with E-state index < -0.39 is 0 Å². The van der Waals surface area contributed by atoms with E-state index in [9.17, 15) is 4.79 Å². The maximum Gasteiger partial charge on any atom is 0.409 e. The zero-order valence-corrected chi connectivity index (χ0v) is 5.05. The second kappa shape index (κ2) is 1.65. The van der Waals surface area contributed by atoms with Crippen molar-refractivity contribution in [3.8, 4) is 0 Å². The van der Waals surface area contributed by atoms with Gasteiger partial charge in [0.25, 0.3) is 0 Å². The summed E-state index contributed by atoms with van der Waals surface area (Å²) in [4.78, 5) is 12.0. The van der Waals surface area contributed by atoms with E-state index in [1.54, 1.807) is 11.9 Å². The van der Waals surface area contributed by atoms with E-state index in [0.29, 0.717) is 0 Å². The summed E-state index contributed by atoms with van der Waals surface area (Å²) >= 11 is 0. The summed E-state index contributed by atoms with van der Waals surface area (Å²) in [6, 6.07) is 0. The first kappa shape index (κ1) is 5.41. The smallest absolute Gasteiger partial charge is 0.409 e. The van der Waals surface area contributed by atoms with Crippen molar-refractivity contribution >= 4 is 6.09 Å². The molecule has 8 heavy (non-hydrogen) atoms. The summed E-state index contributed by atoms with van der Waals surface area (Å²) in [5.41, 5.74) is 0. The van der Waals surface area contributed by atoms with Gasteiger partial charge >= 0.3 is 6.09 Å². The van der Waals surface area contributed by atoms with Crippen molar-refractivity contribution in [2.24, 2.45) is 0 Å². The van der Waals surface area contributed by atoms with Crippen LogP contribution in [0.3, 0.4) is 0 Å². The van der Waals surface area contributed by atoms with E-state index in [1.807, 2.05) is 6.92 Å². The van der Waals surface area contributed by atoms with E-state index in [-0.39, 0.29) is 12.2 Å². The summed E-state index contributed by atoms with van der Waals surface area (Å²) in [6.45, 7) is 2.60. The predicted octanol–water partition coefficient (Wildman–Crippen LogP) is 0.457. The topological polar surface area (TPSA) is 29.5 Å². The van der Waals surface area contributed by atoms with Crippen molar-refractivity contribution in [2.75, 3.05) is 13.6 Å². The lowest BCUT2D eigenvalue weighted by Crippen LogP contribution is -2.18. The Labute approximate surface area is 48.2 Å². The van der Waals surface area contributed by atoms with Crippen molar-refractivity contribution < 1.29 is 9.53 Å². The number of rotatable bonds is 0. The highest BCUT2D eigenvalue weighted by Crippen LogP contribution is 2.06. The Kier molecular flexibility index (Phi) is 1.12. The third kappa shape index (κ3) is 0.757. The molecule has 0 saturated carbocycles. The summed E-state index contributed by atoms with van der Waals surface area (Å²) in [5, 5.41) is 0. The molecule has 1 aliphatic heterocycles. The highest BCUT2D eigenvalue weighted by Gasteiger charge is 2.23. The van der Waals surface area contributed by atoms with E-state index in [1.165, 1.54) is 0 Å². The van der Waals surface area contributed by atoms with Gasteiger partial charge in [0.15, 0.2) is 0 Å². The third-order valence-corrected chi connectivity index (χ3v) is 1.14. The molecule has 0 spiro atoms. The normalized spacial score (nSPS) is 28.5. The van der Waals surface area contributed by atoms with Crippen LogP contribution in [0.2, 0.25) is 0 Å². The lowest BCUT2D eigenvalue weighted by Gasteiger charge is -1.99. The number of carbonyl (C=O) groups is 1. The van der Waals surface area contributed by atoms with Crippen LogP contribution in [0.25, 0.3) is 0 Å². The number of amides is 1. The van der Waals surface area contributed by atoms with Crippen LogP contribution in [0.15, 0.2) is 0 Å². The maximum atomic E-state index is 10.5. The van der Waals surface area contributed by atoms with Crippen LogP contribution >= 0.6 is 0 Å². The second-order valence-electron chi connectivity index (χ2n) is 2.07. The summed E-state index contributed by atoms with van der Waals surface area (Å²) in [7, 11) is 1.73. The number of carbonyl (C=O) groups excluding carboxylic acids is 1. The number of ether oxygens (including phenoxy) is 1. The van der Waals surface area contributed by atoms with Gasteiger partial charge in [0, 0.05) is 7.05 Å². The standard InChI is InChI=1S/C5H9NO2/c1-4-3-6(2)5(7)8-4/h4H,3H2,1-2H3/t4-/m0/s1. The molecule has 1 fully saturated rings. The van der Waals surface area contributed by atoms with Gasteiger partial charge < -0.3 is 9.64 Å². The molecule has 0 aromatic heterocycles. The Morgan fingerprint density at radius 1 is 1.88 bits per heavy atom. The molecule has 0 aliphatic carbocycles. The summed E-state index contributed by atoms with van der Waals surface area (Å²) in [5.74, 6) is 0. The molecule has 0 N–H and O–H groups in total. The van der Waals surface area contributed by atoms with Crippen LogP contribution < -0.4 is 0 Å². The Morgan fingerprint density at radius 2 is 2.50 bits per heavy atom. The van der Waals surface area contributed by atoms with Crippen molar-refractivity contribution in [1.82, 2.24) is 4.90 Å². The Balaban J connectivity index is 2.51. The Morgan fingerprint density at radius 3 is 2.62 bits per heavy atom. The third-order valence-electron chi connectivity index (χ3n) is 1.14. The highest BCUT2D eigenvalue weighted by molar-refractivity contribution is 5.69. The van der Waals surface area contributed by atoms with Crippen LogP contribution in [0.1, 0.15) is 6.92 Å². The quantitative estimate of drug-likeness (QED) is 0.459. The van der Waals surface area contributed by atoms with Gasteiger partial charge in [-0.25, -0.2) is 4.79 Å². The maximum absolute atomic E-state index is 10.5. The fourth-order valence-corrected chi connectivity index (χ4v) is 0.760. The average molecular weight is 115 g/mol. The van der Waals surface area contributed by atoms with Crippen molar-refractivity contribution in [3.63, 3.8) is 0 Å². The summed E-state index contributed by atoms with van der Waals surface area (Å²) < 4.78 is 4.76. The summed E-state index contributed by atoms with van der Waals surface area (Å²) in [6.07, 6.45) is -0.134. The molecule has 0 aromatic rings. The number of hydrogen-bond donors (Lipinski definition) is 0. The zero-order valence-electron chi connectivity index (χ0n) is 5.05. The van der Waals surface area contributed by atoms with Gasteiger partial charge in [0.05, 0.1) is 6.54 Å². The SMILES string of the molecule is C[C@H]1CN(C)C(=O)O1. The first-order valence-corrected chi connectivity index (χ1v) is 2.62. The predicted molar refractivity (Wildman–Crippen MR) is 28.6 cm³/mol. The number of likely N-dealkylation sites (N-methyl/N-ethyl adjacent to an activating group) is 1. The molecular weight excluding hydrogens is 106 g/mol. The van der Waals surface area contributed by atoms with E-state index in [0.717, 1.165) is 6.54 Å². The van der Waals surface area contributed by atoms with Crippen LogP contribution in [-0.4, -0.2) is 30.7 Å². The lowest BCUT2D eigenvalue weighted by molar-refractivity contribution is 0.141. The van der Waals surface area contributed by atoms with Crippen LogP contribution in [0, 0.1) is 0 Å². The molecule has 1 atom stereocenters. The molecule has 0 unspecified atom stereocenters. The largest absolute Gasteiger partial charge is 0.445 e. The molecule has 46 valence electrons. The molecule has 0 aromatic carbocycles. The van der Waals surface area contributed by atoms with Crippen molar-refractivity contribution in [3.05, 3.63) is 0 Å². The molecule has 1 rings (SSSR count). The van der Waals surface area contributed by atoms with Crippen LogP contribution in [0.5, 0.6) is 0 Å². The Hall–Kier alpha value is -0.730. The minimum absolute atomic E-state index is 0.0764. The molecule has 1 amide bonds. The second-order valence-corrected chi connectivity index (χ2v) is 2.07. The first-order valence-electron chi connectivity index (χ1n) is 2.62. The minimum atomic E-state index is -0.211. The molecule has 1 saturated heterocycles. The molecule has 3 nitrogen and oxygen atoms in total. The molecule has 0 bridgehead atoms. The van der Waals surface area contributed by atoms with Gasteiger partial charge in [-0.3, -0.25) is 0 Å². The van der Waals surface area contributed by atoms with Gasteiger partial charge in [-0.1, -0.05) is 0 Å². The molecular formula is C5H9NO2. The Bertz CT molecular complexity index is 113. The zero-order chi connectivity index (χ0) is 6.15. The fraction of sp³-hybridized carbons (Fsp3) is 0.800. The van der Waals surface area contributed by atoms with Crippen molar-refractivity contribution in [1.29, 1.82) is 0 Å². The number of hydrogen-bond acceptors (Lipinski definition) is 2. The molecule has 1 aliphatic rings. The average Bonchev–Trinajstić information content (AvgIpc) is 1.85. The molecule has 0 radical (unpaired) electrons.